The van der Waals surface area contributed by atoms with Crippen molar-refractivity contribution in [1.82, 2.24) is 0 Å². The molecular formula is C16H18F4N4O2S. The van der Waals surface area contributed by atoms with Gasteiger partial charge in [-0.05, 0) is 37.8 Å². The average Bonchev–Trinajstić information content (AvgIpc) is 3.38. The van der Waals surface area contributed by atoms with E-state index in [1.165, 1.54) is 0 Å². The van der Waals surface area contributed by atoms with Crippen molar-refractivity contribution < 1.29 is 26.0 Å². The third-order valence-electron chi connectivity index (χ3n) is 5.09. The van der Waals surface area contributed by atoms with Crippen LogP contribution in [0.15, 0.2) is 21.4 Å². The summed E-state index contributed by atoms with van der Waals surface area (Å²) >= 11 is 0. The van der Waals surface area contributed by atoms with E-state index in [4.69, 9.17) is 5.73 Å². The molecule has 2 atom stereocenters. The van der Waals surface area contributed by atoms with Gasteiger partial charge in [-0.25, -0.2) is 4.39 Å². The van der Waals surface area contributed by atoms with Gasteiger partial charge in [0.25, 0.3) is 10.0 Å². The zero-order chi connectivity index (χ0) is 19.6. The van der Waals surface area contributed by atoms with E-state index in [9.17, 15) is 26.0 Å². The number of amidine groups is 1. The number of nitrogens with zero attached hydrogens (tertiary/aromatic N) is 2. The summed E-state index contributed by atoms with van der Waals surface area (Å²) in [5.41, 5.74) is 5.54. The Hall–Kier alpha value is -1.88. The summed E-state index contributed by atoms with van der Waals surface area (Å²) in [7, 11) is -4.19. The number of sulfonamides is 1. The molecule has 3 N–H and O–H groups in total. The quantitative estimate of drug-likeness (QED) is 0.738. The molecule has 11 heteroatoms. The highest BCUT2D eigenvalue weighted by Gasteiger charge is 2.48. The number of hydrogen-bond donors (Lipinski definition) is 2. The van der Waals surface area contributed by atoms with Crippen molar-refractivity contribution in [1.29, 1.82) is 0 Å². The van der Waals surface area contributed by atoms with Gasteiger partial charge in [0.15, 0.2) is 0 Å². The van der Waals surface area contributed by atoms with E-state index >= 15 is 0 Å². The number of nitrogens with one attached hydrogen (secondary N) is 1. The van der Waals surface area contributed by atoms with Crippen LogP contribution in [0.25, 0.3) is 0 Å². The SMILES string of the molecule is N[C@H]1CCN(c2cc(F)cc3c2NC(C2CC2)=NS3(=O)=O)[C@H](C(F)(F)F)C1. The summed E-state index contributed by atoms with van der Waals surface area (Å²) in [6, 6.07) is -0.822. The van der Waals surface area contributed by atoms with Gasteiger partial charge < -0.3 is 16.0 Å². The second kappa shape index (κ2) is 6.06. The first-order valence-corrected chi connectivity index (χ1v) is 10.0. The normalized spacial score (nSPS) is 27.6. The molecule has 1 saturated carbocycles. The Bertz CT molecular complexity index is 912. The maximum Gasteiger partial charge on any atom is 0.408 e. The number of hydrogen-bond acceptors (Lipinski definition) is 5. The predicted molar refractivity (Wildman–Crippen MR) is 91.8 cm³/mol. The molecule has 148 valence electrons. The number of benzene rings is 1. The van der Waals surface area contributed by atoms with E-state index in [-0.39, 0.29) is 42.5 Å². The Balaban J connectivity index is 1.84. The molecule has 1 aromatic rings. The molecule has 27 heavy (non-hydrogen) atoms. The number of rotatable bonds is 2. The fourth-order valence-corrected chi connectivity index (χ4v) is 4.80. The van der Waals surface area contributed by atoms with Crippen LogP contribution in [0.1, 0.15) is 25.7 Å². The fourth-order valence-electron chi connectivity index (χ4n) is 3.58. The summed E-state index contributed by atoms with van der Waals surface area (Å²) in [4.78, 5) is 0.557. The lowest BCUT2D eigenvalue weighted by Crippen LogP contribution is -2.54. The molecule has 6 nitrogen and oxygen atoms in total. The van der Waals surface area contributed by atoms with Crippen LogP contribution < -0.4 is 16.0 Å². The van der Waals surface area contributed by atoms with Crippen molar-refractivity contribution in [3.05, 3.63) is 17.9 Å². The number of anilines is 2. The first kappa shape index (κ1) is 18.5. The maximum absolute atomic E-state index is 14.1. The van der Waals surface area contributed by atoms with Crippen molar-refractivity contribution in [2.24, 2.45) is 16.0 Å². The summed E-state index contributed by atoms with van der Waals surface area (Å²) in [5.74, 6) is -0.804. The minimum Gasteiger partial charge on any atom is -0.358 e. The van der Waals surface area contributed by atoms with E-state index in [0.29, 0.717) is 0 Å². The number of nitrogens with two attached hydrogens (primary N) is 1. The third-order valence-corrected chi connectivity index (χ3v) is 6.40. The van der Waals surface area contributed by atoms with Crippen LogP contribution in [0.4, 0.5) is 28.9 Å². The predicted octanol–water partition coefficient (Wildman–Crippen LogP) is 2.61. The molecule has 0 radical (unpaired) electrons. The van der Waals surface area contributed by atoms with Crippen LogP contribution in [0, 0.1) is 11.7 Å². The topological polar surface area (TPSA) is 87.8 Å². The highest BCUT2D eigenvalue weighted by Crippen LogP contribution is 2.44. The standard InChI is InChI=1S/C16H18F4N4O2S/c17-9-5-11(24-4-3-10(21)7-13(24)16(18,19)20)14-12(6-9)27(25,26)23-15(22-14)8-1-2-8/h5-6,8,10,13H,1-4,7,21H2,(H,22,23)/t10-,13-/m0/s1. The Labute approximate surface area is 153 Å². The molecular weight excluding hydrogens is 388 g/mol. The smallest absolute Gasteiger partial charge is 0.358 e. The van der Waals surface area contributed by atoms with E-state index < -0.39 is 39.0 Å². The highest BCUT2D eigenvalue weighted by atomic mass is 32.2. The van der Waals surface area contributed by atoms with Crippen molar-refractivity contribution in [3.63, 3.8) is 0 Å². The Morgan fingerprint density at radius 1 is 1.22 bits per heavy atom. The fraction of sp³-hybridized carbons (Fsp3) is 0.562. The zero-order valence-electron chi connectivity index (χ0n) is 14.1. The zero-order valence-corrected chi connectivity index (χ0v) is 14.9. The number of fused-ring (bicyclic) bond motifs is 1. The molecule has 3 aliphatic rings. The van der Waals surface area contributed by atoms with Crippen LogP contribution in [0.2, 0.25) is 0 Å². The van der Waals surface area contributed by atoms with Crippen molar-refractivity contribution in [2.45, 2.75) is 48.8 Å². The van der Waals surface area contributed by atoms with Crippen LogP contribution in [-0.4, -0.2) is 39.1 Å². The Kier molecular flexibility index (Phi) is 4.15. The van der Waals surface area contributed by atoms with Crippen LogP contribution in [-0.2, 0) is 10.0 Å². The molecule has 0 amide bonds. The minimum absolute atomic E-state index is 0.0435. The Morgan fingerprint density at radius 3 is 2.56 bits per heavy atom. The van der Waals surface area contributed by atoms with E-state index in [2.05, 4.69) is 9.71 Å². The average molecular weight is 406 g/mol. The van der Waals surface area contributed by atoms with Gasteiger partial charge in [0.1, 0.15) is 22.6 Å². The molecule has 2 heterocycles. The highest BCUT2D eigenvalue weighted by molar-refractivity contribution is 7.90. The molecule has 1 saturated heterocycles. The molecule has 0 bridgehead atoms. The molecule has 0 unspecified atom stereocenters. The molecule has 4 rings (SSSR count). The van der Waals surface area contributed by atoms with E-state index in [1.54, 1.807) is 0 Å². The van der Waals surface area contributed by atoms with Gasteiger partial charge in [0.2, 0.25) is 0 Å². The van der Waals surface area contributed by atoms with E-state index in [1.807, 2.05) is 0 Å². The maximum atomic E-state index is 14.1. The first-order chi connectivity index (χ1) is 12.6. The molecule has 2 aliphatic heterocycles. The van der Waals surface area contributed by atoms with Gasteiger partial charge in [-0.2, -0.15) is 21.6 Å². The minimum atomic E-state index is -4.59. The second-order valence-electron chi connectivity index (χ2n) is 7.18. The molecule has 1 aromatic carbocycles. The Morgan fingerprint density at radius 2 is 1.93 bits per heavy atom. The van der Waals surface area contributed by atoms with Crippen LogP contribution >= 0.6 is 0 Å². The van der Waals surface area contributed by atoms with Crippen molar-refractivity contribution in [2.75, 3.05) is 16.8 Å². The lowest BCUT2D eigenvalue weighted by molar-refractivity contribution is -0.153. The molecule has 0 aromatic heterocycles. The van der Waals surface area contributed by atoms with Crippen molar-refractivity contribution in [3.8, 4) is 0 Å². The van der Waals surface area contributed by atoms with Crippen molar-refractivity contribution >= 4 is 27.2 Å². The van der Waals surface area contributed by atoms with Gasteiger partial charge in [0.05, 0.1) is 11.4 Å². The number of halogens is 4. The van der Waals surface area contributed by atoms with Gasteiger partial charge in [0, 0.05) is 18.5 Å². The van der Waals surface area contributed by atoms with Crippen LogP contribution in [0.3, 0.4) is 0 Å². The summed E-state index contributed by atoms with van der Waals surface area (Å²) in [6.45, 7) is -0.0567. The van der Waals surface area contributed by atoms with Crippen LogP contribution in [0.5, 0.6) is 0 Å². The van der Waals surface area contributed by atoms with Gasteiger partial charge in [-0.3, -0.25) is 0 Å². The number of alkyl halides is 3. The number of piperidine rings is 1. The second-order valence-corrected chi connectivity index (χ2v) is 8.76. The van der Waals surface area contributed by atoms with Gasteiger partial charge in [-0.15, -0.1) is 4.40 Å². The molecule has 0 spiro atoms. The van der Waals surface area contributed by atoms with E-state index in [0.717, 1.165) is 29.9 Å². The largest absolute Gasteiger partial charge is 0.408 e. The molecule has 2 fully saturated rings. The summed E-state index contributed by atoms with van der Waals surface area (Å²) < 4.78 is 83.6. The lowest BCUT2D eigenvalue weighted by atomic mass is 9.96. The lowest BCUT2D eigenvalue weighted by Gasteiger charge is -2.42. The third kappa shape index (κ3) is 3.38. The first-order valence-electron chi connectivity index (χ1n) is 8.60. The van der Waals surface area contributed by atoms with Gasteiger partial charge >= 0.3 is 6.18 Å². The summed E-state index contributed by atoms with van der Waals surface area (Å²) in [5, 5.41) is 2.85. The summed E-state index contributed by atoms with van der Waals surface area (Å²) in [6.07, 6.45) is -3.15. The monoisotopic (exact) mass is 406 g/mol. The van der Waals surface area contributed by atoms with Gasteiger partial charge in [-0.1, -0.05) is 0 Å². The molecule has 1 aliphatic carbocycles.